The van der Waals surface area contributed by atoms with Crippen molar-refractivity contribution in [2.45, 2.75) is 121 Å². The average Bonchev–Trinajstić information content (AvgIpc) is 4.23. The smallest absolute Gasteiger partial charge is 0.248 e. The van der Waals surface area contributed by atoms with Gasteiger partial charge in [0.1, 0.15) is 31.0 Å². The number of thiazole rings is 1. The highest BCUT2D eigenvalue weighted by Gasteiger charge is 2.44. The van der Waals surface area contributed by atoms with Crippen LogP contribution in [-0.2, 0) is 54.7 Å². The highest BCUT2D eigenvalue weighted by atomic mass is 32.2. The molecule has 1 saturated carbocycles. The molecule has 1 aliphatic carbocycles. The maximum Gasteiger partial charge on any atom is 0.248 e. The number of unbranched alkanes of at least 4 members (excludes halogenated alkanes) is 1. The van der Waals surface area contributed by atoms with E-state index in [0.717, 1.165) is 64.9 Å². The number of anilines is 1. The largest absolute Gasteiger partial charge is 0.393 e. The van der Waals surface area contributed by atoms with E-state index in [0.29, 0.717) is 30.1 Å². The van der Waals surface area contributed by atoms with Crippen molar-refractivity contribution in [3.8, 4) is 21.7 Å². The van der Waals surface area contributed by atoms with Crippen LogP contribution in [0.1, 0.15) is 89.9 Å². The second-order valence-corrected chi connectivity index (χ2v) is 24.8. The maximum atomic E-state index is 14.0. The Labute approximate surface area is 483 Å². The summed E-state index contributed by atoms with van der Waals surface area (Å²) in [6, 6.07) is 12.6. The molecule has 2 aliphatic heterocycles. The van der Waals surface area contributed by atoms with E-state index in [-0.39, 0.29) is 121 Å². The van der Waals surface area contributed by atoms with Crippen LogP contribution in [0, 0.1) is 12.3 Å². The van der Waals surface area contributed by atoms with Gasteiger partial charge in [0, 0.05) is 64.0 Å². The Balaban J connectivity index is 0.683. The topological polar surface area (TPSA) is 282 Å². The van der Waals surface area contributed by atoms with Crippen molar-refractivity contribution in [1.82, 2.24) is 49.5 Å². The SMILES string of the molecule is CCCCNc1ncc2c(-c3ccc(S(=O)(=O)N4CCN(C(=O)COCCOCCOCCOCC(=O)N[C@H](C(=O)N5C[C@H](O)C[C@H]5C(=O)NCc5ccc(-c6scnc6C)cc5)C(C)(C)C)CC4)cc3)nn(C3CCC(O)CC3)c2n1. The van der Waals surface area contributed by atoms with E-state index in [4.69, 9.17) is 29.0 Å². The van der Waals surface area contributed by atoms with E-state index in [2.05, 4.69) is 32.8 Å². The van der Waals surface area contributed by atoms with Crippen molar-refractivity contribution in [1.29, 1.82) is 0 Å². The number of hydrogen-bond donors (Lipinski definition) is 5. The molecule has 4 amide bonds. The van der Waals surface area contributed by atoms with Crippen molar-refractivity contribution in [3.63, 3.8) is 0 Å². The zero-order valence-electron chi connectivity index (χ0n) is 47.6. The van der Waals surface area contributed by atoms with Gasteiger partial charge < -0.3 is 54.9 Å². The molecule has 23 nitrogen and oxygen atoms in total. The third-order valence-corrected chi connectivity index (χ3v) is 17.8. The van der Waals surface area contributed by atoms with Crippen LogP contribution >= 0.6 is 11.3 Å². The minimum Gasteiger partial charge on any atom is -0.393 e. The number of amides is 4. The molecule has 3 atom stereocenters. The number of aliphatic hydroxyl groups excluding tert-OH is 2. The summed E-state index contributed by atoms with van der Waals surface area (Å²) in [5.74, 6) is -1.11. The summed E-state index contributed by atoms with van der Waals surface area (Å²) in [5.41, 5.74) is 6.02. The number of β-amino-alcohol motifs (C(OH)–C–C–N with tert-alkyl or cyclic N) is 1. The van der Waals surface area contributed by atoms with Crippen molar-refractivity contribution >= 4 is 62.0 Å². The number of carbonyl (C=O) groups excluding carboxylic acids is 4. The van der Waals surface area contributed by atoms with Crippen LogP contribution in [0.3, 0.4) is 0 Å². The quantitative estimate of drug-likeness (QED) is 0.0458. The van der Waals surface area contributed by atoms with Crippen molar-refractivity contribution in [2.24, 2.45) is 5.41 Å². The standard InChI is InChI=1S/C57H79N11O12S2/c1-6-7-20-58-56-60-33-46-50(64-68(53(46)63-56)42-14-16-43(69)17-15-42)40-12-18-45(19-13-40)82(75,76)66-23-21-65(22-24-66)49(72)36-80-30-28-78-26-25-77-27-29-79-35-48(71)62-52(57(3,4)5)55(74)67-34-44(70)31-47(67)54(73)59-32-39-8-10-41(11-9-39)51-38(2)61-37-81-51/h8-13,18-19,33,37,42-44,47,52,69-70H,6-7,14-17,20-32,34-36H2,1-5H3,(H,59,73)(H,62,71)(H,58,60,63)/t42?,43?,44-,47+,52-/m1/s1. The zero-order valence-corrected chi connectivity index (χ0v) is 49.2. The first kappa shape index (κ1) is 62.0. The number of sulfonamides is 1. The van der Waals surface area contributed by atoms with E-state index < -0.39 is 51.3 Å². The Bertz CT molecular complexity index is 3030. The van der Waals surface area contributed by atoms with Gasteiger partial charge in [-0.1, -0.05) is 70.5 Å². The lowest BCUT2D eigenvalue weighted by molar-refractivity contribution is -0.144. The van der Waals surface area contributed by atoms with Gasteiger partial charge in [-0.25, -0.2) is 23.1 Å². The molecule has 0 bridgehead atoms. The van der Waals surface area contributed by atoms with Crippen LogP contribution in [-0.4, -0.2) is 198 Å². The first-order valence-corrected chi connectivity index (χ1v) is 30.6. The number of nitrogens with zero attached hydrogens (tertiary/aromatic N) is 8. The zero-order chi connectivity index (χ0) is 58.4. The summed E-state index contributed by atoms with van der Waals surface area (Å²) in [6.45, 7) is 11.8. The van der Waals surface area contributed by atoms with Gasteiger partial charge in [0.25, 0.3) is 0 Å². The fraction of sp³-hybridized carbons (Fsp3) is 0.579. The summed E-state index contributed by atoms with van der Waals surface area (Å²) in [5, 5.41) is 35.5. The summed E-state index contributed by atoms with van der Waals surface area (Å²) in [7, 11) is -3.86. The molecule has 0 radical (unpaired) electrons. The Morgan fingerprint density at radius 2 is 1.46 bits per heavy atom. The van der Waals surface area contributed by atoms with E-state index in [1.807, 2.05) is 56.6 Å². The van der Waals surface area contributed by atoms with Crippen LogP contribution < -0.4 is 16.0 Å². The highest BCUT2D eigenvalue weighted by molar-refractivity contribution is 7.89. The summed E-state index contributed by atoms with van der Waals surface area (Å²) in [4.78, 5) is 71.3. The van der Waals surface area contributed by atoms with Crippen molar-refractivity contribution in [3.05, 3.63) is 71.5 Å². The minimum atomic E-state index is -3.86. The predicted molar refractivity (Wildman–Crippen MR) is 308 cm³/mol. The molecular weight excluding hydrogens is 1090 g/mol. The summed E-state index contributed by atoms with van der Waals surface area (Å²) >= 11 is 1.56. The van der Waals surface area contributed by atoms with E-state index in [1.165, 1.54) is 9.21 Å². The predicted octanol–water partition coefficient (Wildman–Crippen LogP) is 4.32. The monoisotopic (exact) mass is 1170 g/mol. The van der Waals surface area contributed by atoms with Gasteiger partial charge in [0.2, 0.25) is 39.6 Å². The van der Waals surface area contributed by atoms with Crippen molar-refractivity contribution in [2.75, 3.05) is 97.4 Å². The average molecular weight is 1170 g/mol. The molecule has 3 aliphatic rings. The second-order valence-electron chi connectivity index (χ2n) is 22.1. The third kappa shape index (κ3) is 16.2. The lowest BCUT2D eigenvalue weighted by Gasteiger charge is -2.35. The van der Waals surface area contributed by atoms with Gasteiger partial charge in [0.05, 0.1) is 84.3 Å². The molecule has 2 saturated heterocycles. The maximum absolute atomic E-state index is 14.0. The molecule has 3 fully saturated rings. The van der Waals surface area contributed by atoms with Gasteiger partial charge in [0.15, 0.2) is 5.65 Å². The Morgan fingerprint density at radius 1 is 0.817 bits per heavy atom. The summed E-state index contributed by atoms with van der Waals surface area (Å²) < 4.78 is 53.1. The fourth-order valence-corrected chi connectivity index (χ4v) is 12.5. The molecule has 8 rings (SSSR count). The van der Waals surface area contributed by atoms with Crippen LogP contribution in [0.5, 0.6) is 0 Å². The Morgan fingerprint density at radius 3 is 2.10 bits per heavy atom. The number of aliphatic hydroxyl groups is 2. The number of piperazine rings is 1. The third-order valence-electron chi connectivity index (χ3n) is 14.9. The number of hydrogen-bond acceptors (Lipinski definition) is 18. The Kier molecular flexibility index (Phi) is 21.9. The number of likely N-dealkylation sites (tertiary alicyclic amines) is 1. The Hall–Kier alpha value is -6.03. The molecule has 0 unspecified atom stereocenters. The van der Waals surface area contributed by atoms with Crippen molar-refractivity contribution < 1.29 is 56.8 Å². The number of benzene rings is 2. The number of rotatable bonds is 27. The molecule has 3 aromatic heterocycles. The van der Waals surface area contributed by atoms with Gasteiger partial charge >= 0.3 is 0 Å². The van der Waals surface area contributed by atoms with E-state index in [9.17, 15) is 37.8 Å². The second kappa shape index (κ2) is 29.0. The minimum absolute atomic E-state index is 0.0403. The van der Waals surface area contributed by atoms with Crippen LogP contribution in [0.2, 0.25) is 0 Å². The lowest BCUT2D eigenvalue weighted by Crippen LogP contribution is -2.58. The number of carbonyl (C=O) groups is 4. The van der Waals surface area contributed by atoms with Crippen LogP contribution in [0.4, 0.5) is 5.95 Å². The van der Waals surface area contributed by atoms with Gasteiger partial charge in [-0.3, -0.25) is 19.2 Å². The number of aryl methyl sites for hydroxylation is 1. The van der Waals surface area contributed by atoms with Crippen LogP contribution in [0.15, 0.2) is 65.1 Å². The molecule has 5 aromatic rings. The molecule has 2 aromatic carbocycles. The first-order chi connectivity index (χ1) is 39.4. The lowest BCUT2D eigenvalue weighted by atomic mass is 9.85. The normalized spacial score (nSPS) is 19.4. The van der Waals surface area contributed by atoms with E-state index >= 15 is 0 Å². The number of ether oxygens (including phenoxy) is 4. The first-order valence-electron chi connectivity index (χ1n) is 28.3. The summed E-state index contributed by atoms with van der Waals surface area (Å²) in [6.07, 6.45) is 5.55. The van der Waals surface area contributed by atoms with E-state index in [1.54, 1.807) is 52.2 Å². The molecule has 82 heavy (non-hydrogen) atoms. The number of aromatic nitrogens is 5. The van der Waals surface area contributed by atoms with Gasteiger partial charge in [-0.2, -0.15) is 14.4 Å². The molecule has 5 N–H and O–H groups in total. The van der Waals surface area contributed by atoms with Gasteiger partial charge in [-0.15, -0.1) is 11.3 Å². The molecule has 446 valence electrons. The van der Waals surface area contributed by atoms with Crippen LogP contribution in [0.25, 0.3) is 32.7 Å². The molecule has 0 spiro atoms. The number of fused-ring (bicyclic) bond motifs is 1. The fourth-order valence-electron chi connectivity index (χ4n) is 10.2. The molecule has 25 heteroatoms. The van der Waals surface area contributed by atoms with Gasteiger partial charge in [-0.05, 0) is 67.7 Å². The molecule has 5 heterocycles. The highest BCUT2D eigenvalue weighted by Crippen LogP contribution is 2.36. The number of nitrogens with one attached hydrogen (secondary N) is 3. The molecular formula is C57H79N11O12S2.